The highest BCUT2D eigenvalue weighted by molar-refractivity contribution is 7.89. The lowest BCUT2D eigenvalue weighted by Gasteiger charge is -2.17. The third-order valence-electron chi connectivity index (χ3n) is 3.78. The summed E-state index contributed by atoms with van der Waals surface area (Å²) in [6, 6.07) is 8.49. The summed E-state index contributed by atoms with van der Waals surface area (Å²) >= 11 is 5.69. The first-order chi connectivity index (χ1) is 13.1. The number of amides is 1. The maximum absolute atomic E-state index is 13.8. The number of nitrogens with one attached hydrogen (secondary N) is 3. The summed E-state index contributed by atoms with van der Waals surface area (Å²) in [4.78, 5) is 12.3. The first-order valence-electron chi connectivity index (χ1n) is 8.44. The molecule has 1 amide bonds. The molecule has 152 valence electrons. The predicted molar refractivity (Wildman–Crippen MR) is 110 cm³/mol. The predicted octanol–water partition coefficient (Wildman–Crippen LogP) is 3.21. The molecule has 2 aromatic carbocycles. The highest BCUT2D eigenvalue weighted by Crippen LogP contribution is 2.26. The van der Waals surface area contributed by atoms with Gasteiger partial charge in [-0.2, -0.15) is 0 Å². The minimum Gasteiger partial charge on any atom is -0.384 e. The molecule has 0 radical (unpaired) electrons. The topological polar surface area (TPSA) is 90.5 Å². The summed E-state index contributed by atoms with van der Waals surface area (Å²) in [5.41, 5.74) is 1.09. The summed E-state index contributed by atoms with van der Waals surface area (Å²) in [7, 11) is -0.747. The van der Waals surface area contributed by atoms with Crippen molar-refractivity contribution < 1.29 is 17.6 Å². The van der Waals surface area contributed by atoms with Crippen LogP contribution in [0, 0.1) is 5.82 Å². The smallest absolute Gasteiger partial charge is 0.243 e. The number of hydrogen-bond donors (Lipinski definition) is 3. The van der Waals surface area contributed by atoms with Crippen molar-refractivity contribution in [3.8, 4) is 0 Å². The summed E-state index contributed by atoms with van der Waals surface area (Å²) in [6.07, 6.45) is 0. The van der Waals surface area contributed by atoms with Gasteiger partial charge in [0.2, 0.25) is 15.9 Å². The molecule has 0 saturated carbocycles. The minimum atomic E-state index is -3.62. The molecule has 0 heterocycles. The molecule has 0 spiro atoms. The van der Waals surface area contributed by atoms with E-state index in [1.165, 1.54) is 38.4 Å². The second kappa shape index (κ2) is 9.22. The third-order valence-corrected chi connectivity index (χ3v) is 5.83. The lowest BCUT2D eigenvalue weighted by Crippen LogP contribution is -2.24. The normalized spacial score (nSPS) is 11.4. The van der Waals surface area contributed by atoms with E-state index in [-0.39, 0.29) is 22.2 Å². The fraction of sp³-hybridized carbons (Fsp3) is 0.278. The summed E-state index contributed by atoms with van der Waals surface area (Å²) < 4.78 is 39.6. The van der Waals surface area contributed by atoms with Crippen LogP contribution in [0.4, 0.5) is 21.5 Å². The van der Waals surface area contributed by atoms with E-state index in [1.807, 2.05) is 6.92 Å². The molecule has 7 nitrogen and oxygen atoms in total. The number of carbonyl (C=O) groups excluding carboxylic acids is 1. The third kappa shape index (κ3) is 5.34. The van der Waals surface area contributed by atoms with Crippen LogP contribution in [0.1, 0.15) is 6.92 Å². The Hall–Kier alpha value is -2.36. The highest BCUT2D eigenvalue weighted by atomic mass is 35.5. The van der Waals surface area contributed by atoms with E-state index in [0.717, 1.165) is 10.4 Å². The van der Waals surface area contributed by atoms with Crippen LogP contribution in [0.3, 0.4) is 0 Å². The number of halogens is 2. The van der Waals surface area contributed by atoms with Crippen molar-refractivity contribution in [3.63, 3.8) is 0 Å². The van der Waals surface area contributed by atoms with Crippen molar-refractivity contribution in [2.75, 3.05) is 43.1 Å². The van der Waals surface area contributed by atoms with Crippen molar-refractivity contribution in [2.45, 2.75) is 11.8 Å². The summed E-state index contributed by atoms with van der Waals surface area (Å²) in [6.45, 7) is 2.31. The van der Waals surface area contributed by atoms with Crippen LogP contribution in [0.15, 0.2) is 41.3 Å². The van der Waals surface area contributed by atoms with Crippen molar-refractivity contribution in [1.82, 2.24) is 4.31 Å². The number of benzene rings is 2. The molecule has 0 aromatic heterocycles. The Labute approximate surface area is 168 Å². The van der Waals surface area contributed by atoms with E-state index in [0.29, 0.717) is 17.9 Å². The average Bonchev–Trinajstić information content (AvgIpc) is 2.63. The van der Waals surface area contributed by atoms with Crippen molar-refractivity contribution in [1.29, 1.82) is 0 Å². The van der Waals surface area contributed by atoms with E-state index in [9.17, 15) is 17.6 Å². The molecule has 28 heavy (non-hydrogen) atoms. The summed E-state index contributed by atoms with van der Waals surface area (Å²) in [5, 5.41) is 8.65. The van der Waals surface area contributed by atoms with Gasteiger partial charge in [0.25, 0.3) is 0 Å². The van der Waals surface area contributed by atoms with E-state index in [1.54, 1.807) is 6.07 Å². The van der Waals surface area contributed by atoms with Crippen LogP contribution >= 0.6 is 11.6 Å². The van der Waals surface area contributed by atoms with Crippen LogP contribution in [0.5, 0.6) is 0 Å². The Balaban J connectivity index is 2.18. The zero-order valence-electron chi connectivity index (χ0n) is 15.7. The molecule has 0 aliphatic heterocycles. The molecule has 0 aliphatic carbocycles. The van der Waals surface area contributed by atoms with E-state index < -0.39 is 21.7 Å². The van der Waals surface area contributed by atoms with Crippen LogP contribution in [-0.4, -0.2) is 45.8 Å². The fourth-order valence-corrected chi connectivity index (χ4v) is 3.43. The Morgan fingerprint density at radius 3 is 2.36 bits per heavy atom. The van der Waals surface area contributed by atoms with Crippen molar-refractivity contribution in [3.05, 3.63) is 47.2 Å². The Bertz CT molecular complexity index is 967. The van der Waals surface area contributed by atoms with Gasteiger partial charge >= 0.3 is 0 Å². The standard InChI is InChI=1S/C18H22ClFN4O3S/c1-4-21-16-8-6-13(28(26,27)24(2)3)10-17(16)22-11-18(25)23-15-7-5-12(19)9-14(15)20/h5-10,21-22H,4,11H2,1-3H3,(H,23,25). The Morgan fingerprint density at radius 2 is 1.75 bits per heavy atom. The van der Waals surface area contributed by atoms with Gasteiger partial charge in [-0.1, -0.05) is 11.6 Å². The molecule has 2 aromatic rings. The van der Waals surface area contributed by atoms with Crippen molar-refractivity contribution in [2.24, 2.45) is 0 Å². The highest BCUT2D eigenvalue weighted by Gasteiger charge is 2.19. The van der Waals surface area contributed by atoms with Gasteiger partial charge in [0.05, 0.1) is 28.5 Å². The van der Waals surface area contributed by atoms with Crippen LogP contribution in [-0.2, 0) is 14.8 Å². The number of nitrogens with zero attached hydrogens (tertiary/aromatic N) is 1. The molecule has 10 heteroatoms. The van der Waals surface area contributed by atoms with Crippen LogP contribution in [0.2, 0.25) is 5.02 Å². The van der Waals surface area contributed by atoms with Crippen LogP contribution < -0.4 is 16.0 Å². The number of carbonyl (C=O) groups is 1. The van der Waals surface area contributed by atoms with Gasteiger partial charge in [0.1, 0.15) is 5.82 Å². The SMILES string of the molecule is CCNc1ccc(S(=O)(=O)N(C)C)cc1NCC(=O)Nc1ccc(Cl)cc1F. The van der Waals surface area contributed by atoms with Gasteiger partial charge < -0.3 is 16.0 Å². The molecule has 2 rings (SSSR count). The minimum absolute atomic E-state index is 0.00652. The number of rotatable bonds is 8. The molecular weight excluding hydrogens is 407 g/mol. The average molecular weight is 429 g/mol. The maximum Gasteiger partial charge on any atom is 0.243 e. The Kier molecular flexibility index (Phi) is 7.22. The van der Waals surface area contributed by atoms with Gasteiger partial charge in [0, 0.05) is 25.7 Å². The Morgan fingerprint density at radius 1 is 1.07 bits per heavy atom. The molecule has 0 unspecified atom stereocenters. The van der Waals surface area contributed by atoms with Crippen LogP contribution in [0.25, 0.3) is 0 Å². The zero-order valence-corrected chi connectivity index (χ0v) is 17.3. The monoisotopic (exact) mass is 428 g/mol. The summed E-state index contributed by atoms with van der Waals surface area (Å²) in [5.74, 6) is -1.14. The van der Waals surface area contributed by atoms with Crippen molar-refractivity contribution >= 4 is 44.6 Å². The molecule has 0 atom stereocenters. The first-order valence-corrected chi connectivity index (χ1v) is 10.3. The zero-order chi connectivity index (χ0) is 20.9. The largest absolute Gasteiger partial charge is 0.384 e. The molecule has 3 N–H and O–H groups in total. The maximum atomic E-state index is 13.8. The molecule has 0 fully saturated rings. The van der Waals surface area contributed by atoms with Gasteiger partial charge in [-0.15, -0.1) is 0 Å². The van der Waals surface area contributed by atoms with Gasteiger partial charge in [-0.05, 0) is 43.3 Å². The van der Waals surface area contributed by atoms with E-state index >= 15 is 0 Å². The first kappa shape index (κ1) is 21.9. The molecule has 0 aliphatic rings. The number of sulfonamides is 1. The van der Waals surface area contributed by atoms with E-state index in [2.05, 4.69) is 16.0 Å². The molecular formula is C18H22ClFN4O3S. The number of anilines is 3. The fourth-order valence-electron chi connectivity index (χ4n) is 2.35. The second-order valence-electron chi connectivity index (χ2n) is 6.05. The lowest BCUT2D eigenvalue weighted by atomic mass is 10.2. The lowest BCUT2D eigenvalue weighted by molar-refractivity contribution is -0.114. The van der Waals surface area contributed by atoms with Gasteiger partial charge in [0.15, 0.2) is 0 Å². The quantitative estimate of drug-likeness (QED) is 0.600. The van der Waals surface area contributed by atoms with E-state index in [4.69, 9.17) is 11.6 Å². The number of hydrogen-bond acceptors (Lipinski definition) is 5. The molecule has 0 bridgehead atoms. The van der Waals surface area contributed by atoms with Gasteiger partial charge in [-0.3, -0.25) is 4.79 Å². The second-order valence-corrected chi connectivity index (χ2v) is 8.64. The molecule has 0 saturated heterocycles. The van der Waals surface area contributed by atoms with Gasteiger partial charge in [-0.25, -0.2) is 17.1 Å².